The van der Waals surface area contributed by atoms with Gasteiger partial charge in [0.2, 0.25) is 0 Å². The highest BCUT2D eigenvalue weighted by Gasteiger charge is 2.18. The molecule has 0 radical (unpaired) electrons. The standard InChI is InChI=1S/C20H21FN2O4/c21-14-7-9-15(10-8-14)27-13-19(24)23-18-6-2-1-5-17(18)20(25)22-12-16-4-3-11-26-16/h1-2,5-10,16H,3-4,11-13H2,(H,22,25)(H,23,24). The molecule has 1 aliphatic rings. The summed E-state index contributed by atoms with van der Waals surface area (Å²) in [7, 11) is 0. The number of hydrogen-bond acceptors (Lipinski definition) is 4. The van der Waals surface area contributed by atoms with Crippen LogP contribution in [-0.2, 0) is 9.53 Å². The summed E-state index contributed by atoms with van der Waals surface area (Å²) in [4.78, 5) is 24.6. The molecule has 1 unspecified atom stereocenters. The van der Waals surface area contributed by atoms with E-state index < -0.39 is 5.91 Å². The first-order chi connectivity index (χ1) is 13.1. The minimum absolute atomic E-state index is 0.0415. The minimum atomic E-state index is -0.418. The van der Waals surface area contributed by atoms with Gasteiger partial charge in [-0.15, -0.1) is 0 Å². The van der Waals surface area contributed by atoms with Crippen molar-refractivity contribution in [2.45, 2.75) is 18.9 Å². The SMILES string of the molecule is O=C(COc1ccc(F)cc1)Nc1ccccc1C(=O)NCC1CCCO1. The third-order valence-electron chi connectivity index (χ3n) is 4.14. The van der Waals surface area contributed by atoms with Gasteiger partial charge in [0.05, 0.1) is 17.4 Å². The fourth-order valence-electron chi connectivity index (χ4n) is 2.76. The second kappa shape index (κ2) is 9.14. The fraction of sp³-hybridized carbons (Fsp3) is 0.300. The van der Waals surface area contributed by atoms with Crippen molar-refractivity contribution in [3.8, 4) is 5.75 Å². The normalized spacial score (nSPS) is 16.0. The van der Waals surface area contributed by atoms with E-state index in [1.165, 1.54) is 24.3 Å². The zero-order chi connectivity index (χ0) is 19.1. The minimum Gasteiger partial charge on any atom is -0.484 e. The van der Waals surface area contributed by atoms with Gasteiger partial charge in [-0.05, 0) is 49.2 Å². The van der Waals surface area contributed by atoms with Crippen LogP contribution in [0, 0.1) is 5.82 Å². The lowest BCUT2D eigenvalue weighted by atomic mass is 10.1. The van der Waals surface area contributed by atoms with Gasteiger partial charge >= 0.3 is 0 Å². The van der Waals surface area contributed by atoms with E-state index in [1.54, 1.807) is 24.3 Å². The molecule has 1 fully saturated rings. The molecule has 3 rings (SSSR count). The van der Waals surface area contributed by atoms with E-state index in [2.05, 4.69) is 10.6 Å². The van der Waals surface area contributed by atoms with Crippen LogP contribution < -0.4 is 15.4 Å². The van der Waals surface area contributed by atoms with Crippen molar-refractivity contribution in [2.24, 2.45) is 0 Å². The summed E-state index contributed by atoms with van der Waals surface area (Å²) in [6.45, 7) is 0.910. The Morgan fingerprint density at radius 2 is 1.93 bits per heavy atom. The van der Waals surface area contributed by atoms with E-state index in [4.69, 9.17) is 9.47 Å². The molecule has 2 N–H and O–H groups in total. The maximum absolute atomic E-state index is 12.9. The molecular formula is C20H21FN2O4. The largest absolute Gasteiger partial charge is 0.484 e. The molecule has 2 amide bonds. The Morgan fingerprint density at radius 1 is 1.15 bits per heavy atom. The van der Waals surface area contributed by atoms with Crippen molar-refractivity contribution in [1.82, 2.24) is 5.32 Å². The van der Waals surface area contributed by atoms with Gasteiger partial charge in [0.25, 0.3) is 11.8 Å². The van der Waals surface area contributed by atoms with E-state index in [0.29, 0.717) is 23.5 Å². The maximum Gasteiger partial charge on any atom is 0.262 e. The molecule has 142 valence electrons. The second-order valence-electron chi connectivity index (χ2n) is 6.18. The highest BCUT2D eigenvalue weighted by Crippen LogP contribution is 2.16. The van der Waals surface area contributed by atoms with Crippen molar-refractivity contribution >= 4 is 17.5 Å². The number of halogens is 1. The van der Waals surface area contributed by atoms with Crippen molar-refractivity contribution in [3.05, 3.63) is 59.9 Å². The molecule has 7 heteroatoms. The third kappa shape index (κ3) is 5.52. The van der Waals surface area contributed by atoms with Gasteiger partial charge in [-0.1, -0.05) is 12.1 Å². The number of carbonyl (C=O) groups excluding carboxylic acids is 2. The molecule has 0 bridgehead atoms. The number of ether oxygens (including phenoxy) is 2. The number of rotatable bonds is 7. The monoisotopic (exact) mass is 372 g/mol. The van der Waals surface area contributed by atoms with Crippen molar-refractivity contribution < 1.29 is 23.5 Å². The van der Waals surface area contributed by atoms with E-state index in [9.17, 15) is 14.0 Å². The van der Waals surface area contributed by atoms with Crippen LogP contribution in [0.1, 0.15) is 23.2 Å². The summed E-state index contributed by atoms with van der Waals surface area (Å²) < 4.78 is 23.7. The summed E-state index contributed by atoms with van der Waals surface area (Å²) in [5, 5.41) is 5.51. The molecule has 27 heavy (non-hydrogen) atoms. The lowest BCUT2D eigenvalue weighted by molar-refractivity contribution is -0.118. The third-order valence-corrected chi connectivity index (χ3v) is 4.14. The topological polar surface area (TPSA) is 76.7 Å². The van der Waals surface area contributed by atoms with Gasteiger partial charge in [0.15, 0.2) is 6.61 Å². The van der Waals surface area contributed by atoms with Crippen molar-refractivity contribution in [3.63, 3.8) is 0 Å². The average Bonchev–Trinajstić information content (AvgIpc) is 3.20. The van der Waals surface area contributed by atoms with Crippen LogP contribution in [0.2, 0.25) is 0 Å². The number of nitrogens with one attached hydrogen (secondary N) is 2. The molecule has 0 spiro atoms. The van der Waals surface area contributed by atoms with Crippen LogP contribution in [0.15, 0.2) is 48.5 Å². The fourth-order valence-corrected chi connectivity index (χ4v) is 2.76. The van der Waals surface area contributed by atoms with Crippen LogP contribution in [0.3, 0.4) is 0 Å². The Morgan fingerprint density at radius 3 is 2.67 bits per heavy atom. The summed E-state index contributed by atoms with van der Waals surface area (Å²) in [5.41, 5.74) is 0.765. The number of anilines is 1. The van der Waals surface area contributed by atoms with Crippen LogP contribution >= 0.6 is 0 Å². The Hall–Kier alpha value is -2.93. The molecule has 1 heterocycles. The maximum atomic E-state index is 12.9. The van der Waals surface area contributed by atoms with E-state index in [1.807, 2.05) is 0 Å². The highest BCUT2D eigenvalue weighted by molar-refractivity contribution is 6.04. The van der Waals surface area contributed by atoms with Gasteiger partial charge in [0.1, 0.15) is 11.6 Å². The number of amides is 2. The van der Waals surface area contributed by atoms with Gasteiger partial charge in [-0.2, -0.15) is 0 Å². The van der Waals surface area contributed by atoms with Gasteiger partial charge in [-0.25, -0.2) is 4.39 Å². The molecule has 0 aromatic heterocycles. The van der Waals surface area contributed by atoms with Crippen molar-refractivity contribution in [1.29, 1.82) is 0 Å². The zero-order valence-electron chi connectivity index (χ0n) is 14.7. The first-order valence-corrected chi connectivity index (χ1v) is 8.79. The lowest BCUT2D eigenvalue weighted by Gasteiger charge is -2.14. The van der Waals surface area contributed by atoms with E-state index >= 15 is 0 Å². The van der Waals surface area contributed by atoms with Gasteiger partial charge in [-0.3, -0.25) is 9.59 Å². The van der Waals surface area contributed by atoms with Gasteiger partial charge in [0, 0.05) is 13.2 Å². The molecular weight excluding hydrogens is 351 g/mol. The number of hydrogen-bond donors (Lipinski definition) is 2. The zero-order valence-corrected chi connectivity index (χ0v) is 14.7. The number of para-hydroxylation sites is 1. The quantitative estimate of drug-likeness (QED) is 0.784. The number of benzene rings is 2. The summed E-state index contributed by atoms with van der Waals surface area (Å²) in [6, 6.07) is 12.1. The second-order valence-corrected chi connectivity index (χ2v) is 6.18. The van der Waals surface area contributed by atoms with E-state index in [-0.39, 0.29) is 24.4 Å². The predicted octanol–water partition coefficient (Wildman–Crippen LogP) is 2.75. The molecule has 0 saturated carbocycles. The molecule has 1 atom stereocenters. The number of carbonyl (C=O) groups is 2. The van der Waals surface area contributed by atoms with Gasteiger partial charge < -0.3 is 20.1 Å². The highest BCUT2D eigenvalue weighted by atomic mass is 19.1. The van der Waals surface area contributed by atoms with E-state index in [0.717, 1.165) is 19.4 Å². The molecule has 6 nitrogen and oxygen atoms in total. The van der Waals surface area contributed by atoms with Crippen LogP contribution in [0.4, 0.5) is 10.1 Å². The smallest absolute Gasteiger partial charge is 0.262 e. The Bertz CT molecular complexity index is 789. The van der Waals surface area contributed by atoms with Crippen LogP contribution in [0.5, 0.6) is 5.75 Å². The molecule has 1 aliphatic heterocycles. The first-order valence-electron chi connectivity index (χ1n) is 8.79. The Kier molecular flexibility index (Phi) is 6.38. The van der Waals surface area contributed by atoms with Crippen LogP contribution in [0.25, 0.3) is 0 Å². The predicted molar refractivity (Wildman–Crippen MR) is 98.3 cm³/mol. The Labute approximate surface area is 156 Å². The first kappa shape index (κ1) is 18.8. The Balaban J connectivity index is 1.55. The molecule has 2 aromatic rings. The average molecular weight is 372 g/mol. The van der Waals surface area contributed by atoms with Crippen molar-refractivity contribution in [2.75, 3.05) is 25.1 Å². The molecule has 0 aliphatic carbocycles. The lowest BCUT2D eigenvalue weighted by Crippen LogP contribution is -2.32. The molecule has 1 saturated heterocycles. The van der Waals surface area contributed by atoms with Crippen LogP contribution in [-0.4, -0.2) is 37.7 Å². The summed E-state index contributed by atoms with van der Waals surface area (Å²) >= 11 is 0. The molecule has 2 aromatic carbocycles. The summed E-state index contributed by atoms with van der Waals surface area (Å²) in [6.07, 6.45) is 1.97. The summed E-state index contributed by atoms with van der Waals surface area (Å²) in [5.74, 6) is -0.691.